The van der Waals surface area contributed by atoms with Gasteiger partial charge in [0.2, 0.25) is 5.91 Å². The molecule has 1 aliphatic rings. The van der Waals surface area contributed by atoms with Gasteiger partial charge in [-0.05, 0) is 39.3 Å². The molecule has 0 aliphatic carbocycles. The number of carbonyl (C=O) groups is 2. The minimum absolute atomic E-state index is 0.0436. The number of hydrogen-bond acceptors (Lipinski definition) is 4. The third kappa shape index (κ3) is 3.44. The van der Waals surface area contributed by atoms with Crippen molar-refractivity contribution in [2.45, 2.75) is 39.3 Å². The van der Waals surface area contributed by atoms with Crippen molar-refractivity contribution in [1.82, 2.24) is 14.8 Å². The number of nitrogens with one attached hydrogen (secondary N) is 1. The molecule has 7 nitrogen and oxygen atoms in total. The van der Waals surface area contributed by atoms with Crippen molar-refractivity contribution in [3.63, 3.8) is 0 Å². The summed E-state index contributed by atoms with van der Waals surface area (Å²) in [5.74, 6) is -0.551. The Morgan fingerprint density at radius 1 is 1.35 bits per heavy atom. The van der Waals surface area contributed by atoms with Crippen LogP contribution in [0.1, 0.15) is 36.3 Å². The molecule has 23 heavy (non-hydrogen) atoms. The van der Waals surface area contributed by atoms with Crippen molar-refractivity contribution in [1.29, 1.82) is 0 Å². The fraction of sp³-hybridized carbons (Fsp3) is 0.562. The van der Waals surface area contributed by atoms with Gasteiger partial charge < -0.3 is 20.5 Å². The lowest BCUT2D eigenvalue weighted by Gasteiger charge is -2.28. The summed E-state index contributed by atoms with van der Waals surface area (Å²) in [6.45, 7) is 6.97. The van der Waals surface area contributed by atoms with Crippen LogP contribution in [-0.2, 0) is 4.79 Å². The zero-order valence-corrected chi connectivity index (χ0v) is 13.8. The molecule has 2 atom stereocenters. The average molecular weight is 320 g/mol. The molecule has 2 amide bonds. The molecule has 2 rings (SSSR count). The lowest BCUT2D eigenvalue weighted by molar-refractivity contribution is -0.134. The summed E-state index contributed by atoms with van der Waals surface area (Å²) in [6.07, 6.45) is 0.421. The zero-order valence-electron chi connectivity index (χ0n) is 13.8. The van der Waals surface area contributed by atoms with Crippen LogP contribution < -0.4 is 11.3 Å². The molecule has 1 fully saturated rings. The number of carbonyl (C=O) groups excluding carboxylic acids is 2. The number of aromatic amines is 1. The summed E-state index contributed by atoms with van der Waals surface area (Å²) < 4.78 is 0. The van der Waals surface area contributed by atoms with E-state index in [-0.39, 0.29) is 24.1 Å². The number of amides is 2. The molecule has 0 aromatic carbocycles. The number of likely N-dealkylation sites (tertiary alicyclic amines) is 1. The Hall–Kier alpha value is -2.15. The predicted molar refractivity (Wildman–Crippen MR) is 87.1 cm³/mol. The topological polar surface area (TPSA) is 99.5 Å². The highest BCUT2D eigenvalue weighted by Gasteiger charge is 2.40. The number of rotatable bonds is 4. The van der Waals surface area contributed by atoms with E-state index in [4.69, 9.17) is 5.73 Å². The highest BCUT2D eigenvalue weighted by Crippen LogP contribution is 2.21. The van der Waals surface area contributed by atoms with Crippen molar-refractivity contribution in [3.8, 4) is 0 Å². The molecule has 2 heterocycles. The van der Waals surface area contributed by atoms with E-state index < -0.39 is 17.5 Å². The maximum Gasteiger partial charge on any atom is 0.260 e. The van der Waals surface area contributed by atoms with Gasteiger partial charge in [0.1, 0.15) is 11.6 Å². The van der Waals surface area contributed by atoms with Gasteiger partial charge in [0.25, 0.3) is 11.5 Å². The van der Waals surface area contributed by atoms with Crippen LogP contribution in [0.3, 0.4) is 0 Å². The Bertz CT molecular complexity index is 651. The van der Waals surface area contributed by atoms with Gasteiger partial charge in [-0.1, -0.05) is 0 Å². The van der Waals surface area contributed by atoms with E-state index in [1.807, 2.05) is 13.8 Å². The predicted octanol–water partition coefficient (Wildman–Crippen LogP) is 0.0935. The van der Waals surface area contributed by atoms with E-state index >= 15 is 0 Å². The van der Waals surface area contributed by atoms with Crippen LogP contribution in [0, 0.1) is 6.92 Å². The second-order valence-electron chi connectivity index (χ2n) is 5.86. The molecule has 1 aliphatic heterocycles. The van der Waals surface area contributed by atoms with E-state index in [1.54, 1.807) is 17.9 Å². The first-order chi connectivity index (χ1) is 10.9. The molecule has 1 saturated heterocycles. The summed E-state index contributed by atoms with van der Waals surface area (Å²) in [4.78, 5) is 43.1. The molecular formula is C16H24N4O3. The number of H-pyrrole nitrogens is 1. The molecule has 3 N–H and O–H groups in total. The number of nitrogens with two attached hydrogens (primary N) is 1. The van der Waals surface area contributed by atoms with Crippen LogP contribution in [0.2, 0.25) is 0 Å². The minimum Gasteiger partial charge on any atom is -0.341 e. The molecule has 7 heteroatoms. The van der Waals surface area contributed by atoms with Gasteiger partial charge in [-0.2, -0.15) is 0 Å². The molecule has 1 aromatic heterocycles. The van der Waals surface area contributed by atoms with Crippen LogP contribution in [-0.4, -0.2) is 58.3 Å². The van der Waals surface area contributed by atoms with Crippen molar-refractivity contribution in [2.75, 3.05) is 19.6 Å². The van der Waals surface area contributed by atoms with E-state index in [1.165, 1.54) is 11.0 Å². The third-order valence-corrected chi connectivity index (χ3v) is 4.24. The smallest absolute Gasteiger partial charge is 0.260 e. The first kappa shape index (κ1) is 17.2. The van der Waals surface area contributed by atoms with Gasteiger partial charge in [0.15, 0.2) is 0 Å². The van der Waals surface area contributed by atoms with E-state index in [9.17, 15) is 14.4 Å². The molecular weight excluding hydrogens is 296 g/mol. The lowest BCUT2D eigenvalue weighted by atomic mass is 10.1. The summed E-state index contributed by atoms with van der Waals surface area (Å²) >= 11 is 0. The van der Waals surface area contributed by atoms with Crippen LogP contribution in [0.4, 0.5) is 0 Å². The van der Waals surface area contributed by atoms with Crippen molar-refractivity contribution in [3.05, 3.63) is 33.7 Å². The summed E-state index contributed by atoms with van der Waals surface area (Å²) in [7, 11) is 0. The van der Waals surface area contributed by atoms with Gasteiger partial charge >= 0.3 is 0 Å². The number of hydrogen-bond donors (Lipinski definition) is 2. The van der Waals surface area contributed by atoms with Crippen molar-refractivity contribution in [2.24, 2.45) is 5.73 Å². The van der Waals surface area contributed by atoms with Gasteiger partial charge in [-0.3, -0.25) is 14.4 Å². The normalized spacial score (nSPS) is 20.6. The third-order valence-electron chi connectivity index (χ3n) is 4.24. The summed E-state index contributed by atoms with van der Waals surface area (Å²) in [6, 6.07) is 2.32. The lowest BCUT2D eigenvalue weighted by Crippen LogP contribution is -2.48. The van der Waals surface area contributed by atoms with E-state index in [2.05, 4.69) is 4.98 Å². The Balaban J connectivity index is 2.30. The van der Waals surface area contributed by atoms with Crippen LogP contribution in [0.25, 0.3) is 0 Å². The van der Waals surface area contributed by atoms with E-state index in [0.29, 0.717) is 25.2 Å². The van der Waals surface area contributed by atoms with Gasteiger partial charge in [0, 0.05) is 31.4 Å². The van der Waals surface area contributed by atoms with Crippen LogP contribution in [0.5, 0.6) is 0 Å². The number of aromatic nitrogens is 1. The van der Waals surface area contributed by atoms with Crippen molar-refractivity contribution >= 4 is 11.8 Å². The highest BCUT2D eigenvalue weighted by atomic mass is 16.2. The first-order valence-corrected chi connectivity index (χ1v) is 7.94. The summed E-state index contributed by atoms with van der Waals surface area (Å²) in [5.41, 5.74) is 6.25. The molecule has 0 bridgehead atoms. The number of likely N-dealkylation sites (N-methyl/N-ethyl adjacent to an activating group) is 1. The quantitative estimate of drug-likeness (QED) is 0.821. The molecule has 0 radical (unpaired) electrons. The molecule has 0 unspecified atom stereocenters. The Kier molecular flexibility index (Phi) is 5.20. The number of pyridine rings is 1. The Morgan fingerprint density at radius 3 is 2.57 bits per heavy atom. The van der Waals surface area contributed by atoms with Crippen LogP contribution in [0.15, 0.2) is 16.9 Å². The van der Waals surface area contributed by atoms with Crippen molar-refractivity contribution < 1.29 is 9.59 Å². The second-order valence-corrected chi connectivity index (χ2v) is 5.86. The second kappa shape index (κ2) is 6.95. The maximum absolute atomic E-state index is 12.7. The fourth-order valence-corrected chi connectivity index (χ4v) is 2.97. The van der Waals surface area contributed by atoms with E-state index in [0.717, 1.165) is 0 Å². The molecule has 1 aromatic rings. The Labute approximate surface area is 135 Å². The number of aryl methyl sites for hydroxylation is 1. The summed E-state index contributed by atoms with van der Waals surface area (Å²) in [5, 5.41) is 0. The Morgan fingerprint density at radius 2 is 2.00 bits per heavy atom. The van der Waals surface area contributed by atoms with Gasteiger partial charge in [0.05, 0.1) is 0 Å². The fourth-order valence-electron chi connectivity index (χ4n) is 2.97. The maximum atomic E-state index is 12.7. The monoisotopic (exact) mass is 320 g/mol. The average Bonchev–Trinajstić information content (AvgIpc) is 2.89. The first-order valence-electron chi connectivity index (χ1n) is 7.94. The highest BCUT2D eigenvalue weighted by molar-refractivity contribution is 5.97. The minimum atomic E-state index is -0.599. The zero-order chi connectivity index (χ0) is 17.1. The van der Waals surface area contributed by atoms with Crippen LogP contribution >= 0.6 is 0 Å². The molecule has 0 saturated carbocycles. The standard InChI is InChI=1S/C16H24N4O3/c1-4-19(5-2)16(23)13-8-11(17)9-20(13)15(22)12-7-6-10(3)18-14(12)21/h6-7,11,13H,4-5,8-9,17H2,1-3H3,(H,18,21)/t11-,13-/m0/s1. The van der Waals surface area contributed by atoms with Gasteiger partial charge in [-0.25, -0.2) is 0 Å². The van der Waals surface area contributed by atoms with Gasteiger partial charge in [-0.15, -0.1) is 0 Å². The molecule has 0 spiro atoms. The molecule has 126 valence electrons. The largest absolute Gasteiger partial charge is 0.341 e. The SMILES string of the molecule is CCN(CC)C(=O)[C@@H]1C[C@H](N)CN1C(=O)c1ccc(C)[nH]c1=O. The number of nitrogens with zero attached hydrogens (tertiary/aromatic N) is 2.